The lowest BCUT2D eigenvalue weighted by Crippen LogP contribution is -2.57. The number of rotatable bonds is 7. The Labute approximate surface area is 256 Å². The zero-order valence-electron chi connectivity index (χ0n) is 25.4. The number of benzene rings is 2. The molecule has 0 spiro atoms. The highest BCUT2D eigenvalue weighted by Crippen LogP contribution is 2.34. The maximum atomic E-state index is 14.3. The van der Waals surface area contributed by atoms with Crippen molar-refractivity contribution in [3.63, 3.8) is 0 Å². The molecule has 0 radical (unpaired) electrons. The van der Waals surface area contributed by atoms with Crippen LogP contribution in [0.2, 0.25) is 0 Å². The Hall–Kier alpha value is -4.36. The number of anilines is 2. The highest BCUT2D eigenvalue weighted by molar-refractivity contribution is 7.92. The maximum Gasteiger partial charge on any atom is 0.330 e. The minimum Gasteiger partial charge on any atom is -0.480 e. The molecule has 0 aliphatic carbocycles. The van der Waals surface area contributed by atoms with Gasteiger partial charge in [0.15, 0.2) is 0 Å². The lowest BCUT2D eigenvalue weighted by atomic mass is 9.98. The third kappa shape index (κ3) is 6.29. The molecule has 11 nitrogen and oxygen atoms in total. The molecule has 1 N–H and O–H groups in total. The summed E-state index contributed by atoms with van der Waals surface area (Å²) in [5.74, 6) is -0.428. The van der Waals surface area contributed by atoms with Crippen molar-refractivity contribution >= 4 is 38.4 Å². The number of carbonyl (C=O) groups excluding carboxylic acids is 1. The van der Waals surface area contributed by atoms with Crippen LogP contribution in [-0.4, -0.2) is 66.7 Å². The third-order valence-electron chi connectivity index (χ3n) is 7.32. The number of para-hydroxylation sites is 1. The minimum atomic E-state index is -4.27. The van der Waals surface area contributed by atoms with Crippen LogP contribution in [0.3, 0.4) is 0 Å². The zero-order valence-corrected chi connectivity index (χ0v) is 26.2. The monoisotopic (exact) mass is 622 g/mol. The third-order valence-corrected chi connectivity index (χ3v) is 8.68. The number of pyridine rings is 1. The summed E-state index contributed by atoms with van der Waals surface area (Å²) in [6.07, 6.45) is 3.02. The highest BCUT2D eigenvalue weighted by atomic mass is 32.2. The number of hydrogen-bond donors (Lipinski definition) is 1. The summed E-state index contributed by atoms with van der Waals surface area (Å²) in [5.41, 5.74) is 1.06. The lowest BCUT2D eigenvalue weighted by molar-refractivity contribution is -0.205. The summed E-state index contributed by atoms with van der Waals surface area (Å²) in [4.78, 5) is 33.5. The van der Waals surface area contributed by atoms with Crippen molar-refractivity contribution in [2.75, 3.05) is 29.8 Å². The molecule has 2 aromatic carbocycles. The normalized spacial score (nSPS) is 17.8. The van der Waals surface area contributed by atoms with E-state index in [0.29, 0.717) is 35.6 Å². The van der Waals surface area contributed by atoms with E-state index in [4.69, 9.17) is 9.57 Å². The van der Waals surface area contributed by atoms with Crippen molar-refractivity contribution in [2.24, 2.45) is 5.41 Å². The van der Waals surface area contributed by atoms with Gasteiger partial charge in [0.2, 0.25) is 5.88 Å². The number of nitrogens with one attached hydrogen (secondary N) is 1. The molecular weight excluding hydrogens is 587 g/mol. The van der Waals surface area contributed by atoms with Gasteiger partial charge < -0.3 is 14.5 Å². The summed E-state index contributed by atoms with van der Waals surface area (Å²) < 4.78 is 48.5. The Morgan fingerprint density at radius 1 is 1.00 bits per heavy atom. The van der Waals surface area contributed by atoms with Crippen LogP contribution in [0.25, 0.3) is 22.0 Å². The average molecular weight is 623 g/mol. The van der Waals surface area contributed by atoms with E-state index in [0.717, 1.165) is 5.39 Å². The number of hydroxylamine groups is 2. The first-order valence-electron chi connectivity index (χ1n) is 14.1. The van der Waals surface area contributed by atoms with Crippen molar-refractivity contribution in [3.05, 3.63) is 66.9 Å². The molecule has 1 saturated heterocycles. The van der Waals surface area contributed by atoms with E-state index in [2.05, 4.69) is 24.6 Å². The minimum absolute atomic E-state index is 0.0582. The van der Waals surface area contributed by atoms with E-state index < -0.39 is 21.3 Å². The van der Waals surface area contributed by atoms with Gasteiger partial charge >= 0.3 is 5.97 Å². The first-order chi connectivity index (χ1) is 20.8. The standard InChI is InChI=1S/C31H35FN6O5S/c1-19-16-37(43-30(39)31(3,4)5)17-20(2)38(19)28-23-13-21(11-12-25(23)34-18-35-28)22-14-27(29(42-6)33-15-22)44(40,41)36-26-10-8-7-9-24(26)32/h7-15,18-20,36H,16-17H2,1-6H3/t19-,20+. The molecule has 1 fully saturated rings. The quantitative estimate of drug-likeness (QED) is 0.299. The van der Waals surface area contributed by atoms with E-state index >= 15 is 0 Å². The van der Waals surface area contributed by atoms with Gasteiger partial charge in [-0.25, -0.2) is 32.6 Å². The smallest absolute Gasteiger partial charge is 0.330 e. The number of halogens is 1. The Morgan fingerprint density at radius 2 is 1.70 bits per heavy atom. The first kappa shape index (κ1) is 31.1. The van der Waals surface area contributed by atoms with Crippen molar-refractivity contribution in [2.45, 2.75) is 51.6 Å². The van der Waals surface area contributed by atoms with Gasteiger partial charge in [0.25, 0.3) is 10.0 Å². The summed E-state index contributed by atoms with van der Waals surface area (Å²) in [7, 11) is -2.95. The molecule has 0 bridgehead atoms. The number of nitrogens with zero attached hydrogens (tertiary/aromatic N) is 5. The van der Waals surface area contributed by atoms with Crippen LogP contribution in [0.4, 0.5) is 15.9 Å². The van der Waals surface area contributed by atoms with Crippen LogP contribution >= 0.6 is 0 Å². The number of methoxy groups -OCH3 is 1. The van der Waals surface area contributed by atoms with Crippen LogP contribution in [0.1, 0.15) is 34.6 Å². The summed E-state index contributed by atoms with van der Waals surface area (Å²) in [5, 5.41) is 2.46. The zero-order chi connectivity index (χ0) is 31.8. The summed E-state index contributed by atoms with van der Waals surface area (Å²) in [6.45, 7) is 10.5. The summed E-state index contributed by atoms with van der Waals surface area (Å²) >= 11 is 0. The molecule has 1 aliphatic rings. The molecule has 232 valence electrons. The largest absolute Gasteiger partial charge is 0.480 e. The fourth-order valence-corrected chi connectivity index (χ4v) is 6.34. The molecular formula is C31H35FN6O5S. The van der Waals surface area contributed by atoms with Crippen molar-refractivity contribution in [3.8, 4) is 17.0 Å². The number of carbonyl (C=O) groups is 1. The average Bonchev–Trinajstić information content (AvgIpc) is 2.97. The number of ether oxygens (including phenoxy) is 1. The Morgan fingerprint density at radius 3 is 2.36 bits per heavy atom. The predicted octanol–water partition coefficient (Wildman–Crippen LogP) is 5.04. The van der Waals surface area contributed by atoms with Gasteiger partial charge in [-0.1, -0.05) is 18.2 Å². The maximum absolute atomic E-state index is 14.3. The van der Waals surface area contributed by atoms with Gasteiger partial charge in [0, 0.05) is 29.2 Å². The molecule has 1 aliphatic heterocycles. The number of aromatic nitrogens is 3. The van der Waals surface area contributed by atoms with Crippen LogP contribution in [-0.2, 0) is 19.7 Å². The molecule has 2 aromatic heterocycles. The van der Waals surface area contributed by atoms with Crippen molar-refractivity contribution in [1.82, 2.24) is 20.0 Å². The number of sulfonamides is 1. The van der Waals surface area contributed by atoms with E-state index in [-0.39, 0.29) is 34.5 Å². The molecule has 0 saturated carbocycles. The van der Waals surface area contributed by atoms with Crippen LogP contribution in [0, 0.1) is 11.2 Å². The molecule has 13 heteroatoms. The number of piperazine rings is 1. The van der Waals surface area contributed by atoms with Gasteiger partial charge in [-0.05, 0) is 70.5 Å². The van der Waals surface area contributed by atoms with Gasteiger partial charge in [0.1, 0.15) is 22.9 Å². The SMILES string of the molecule is COc1ncc(-c2ccc3ncnc(N4[C@H](C)CN(OC(=O)C(C)(C)C)C[C@@H]4C)c3c2)cc1S(=O)(=O)Nc1ccccc1F. The molecule has 3 heterocycles. The molecule has 44 heavy (non-hydrogen) atoms. The molecule has 0 unspecified atom stereocenters. The Bertz CT molecular complexity index is 1800. The van der Waals surface area contributed by atoms with Gasteiger partial charge in [0.05, 0.1) is 36.8 Å². The Balaban J connectivity index is 1.49. The van der Waals surface area contributed by atoms with Crippen molar-refractivity contribution < 1.29 is 27.2 Å². The van der Waals surface area contributed by atoms with E-state index in [1.807, 2.05) is 52.8 Å². The molecule has 5 rings (SSSR count). The number of fused-ring (bicyclic) bond motifs is 1. The number of hydrogen-bond acceptors (Lipinski definition) is 10. The fourth-order valence-electron chi connectivity index (χ4n) is 5.13. The van der Waals surface area contributed by atoms with Crippen LogP contribution in [0.5, 0.6) is 5.88 Å². The van der Waals surface area contributed by atoms with Crippen molar-refractivity contribution in [1.29, 1.82) is 0 Å². The van der Waals surface area contributed by atoms with E-state index in [9.17, 15) is 17.6 Å². The second-order valence-corrected chi connectivity index (χ2v) is 13.5. The molecule has 4 aromatic rings. The van der Waals surface area contributed by atoms with E-state index in [1.165, 1.54) is 50.0 Å². The lowest BCUT2D eigenvalue weighted by Gasteiger charge is -2.44. The second kappa shape index (κ2) is 12.0. The summed E-state index contributed by atoms with van der Waals surface area (Å²) in [6, 6.07) is 12.4. The van der Waals surface area contributed by atoms with Gasteiger partial charge in [-0.2, -0.15) is 0 Å². The fraction of sp³-hybridized carbons (Fsp3) is 0.355. The van der Waals surface area contributed by atoms with Crippen LogP contribution in [0.15, 0.2) is 66.0 Å². The van der Waals surface area contributed by atoms with Crippen LogP contribution < -0.4 is 14.4 Å². The van der Waals surface area contributed by atoms with E-state index in [1.54, 1.807) is 5.06 Å². The molecule has 0 amide bonds. The first-order valence-corrected chi connectivity index (χ1v) is 15.6. The highest BCUT2D eigenvalue weighted by Gasteiger charge is 2.35. The second-order valence-electron chi connectivity index (χ2n) is 11.8. The predicted molar refractivity (Wildman–Crippen MR) is 165 cm³/mol. The van der Waals surface area contributed by atoms with Gasteiger partial charge in [-0.15, -0.1) is 5.06 Å². The molecule has 2 atom stereocenters. The topological polar surface area (TPSA) is 127 Å². The Kier molecular flexibility index (Phi) is 8.45. The van der Waals surface area contributed by atoms with Gasteiger partial charge in [-0.3, -0.25) is 4.72 Å².